The fourth-order valence-corrected chi connectivity index (χ4v) is 11.4. The molecule has 2 aromatic carbocycles. The van der Waals surface area contributed by atoms with Crippen LogP contribution in [0.2, 0.25) is 0 Å². The minimum atomic E-state index is -0.625. The van der Waals surface area contributed by atoms with Crippen molar-refractivity contribution in [1.82, 2.24) is 54.8 Å². The quantitative estimate of drug-likeness (QED) is 0.0192. The van der Waals surface area contributed by atoms with Crippen molar-refractivity contribution in [2.24, 2.45) is 0 Å². The van der Waals surface area contributed by atoms with Crippen LogP contribution in [0.1, 0.15) is 88.5 Å². The number of rotatable bonds is 19. The van der Waals surface area contributed by atoms with Crippen molar-refractivity contribution in [3.8, 4) is 28.8 Å². The smallest absolute Gasteiger partial charge is 0.330 e. The van der Waals surface area contributed by atoms with E-state index in [9.17, 15) is 28.4 Å². The van der Waals surface area contributed by atoms with Gasteiger partial charge in [0, 0.05) is 108 Å². The van der Waals surface area contributed by atoms with E-state index >= 15 is 0 Å². The Morgan fingerprint density at radius 2 is 1.03 bits per heavy atom. The molecule has 536 valence electrons. The molecule has 0 bridgehead atoms. The Hall–Kier alpha value is -11.1. The molecule has 0 unspecified atom stereocenters. The standard InChI is InChI=1S/C24H20N4O2S.C15H8BrN3OS.C11H13NO2.2C9H13NO.C6H4FNO.C5H8O2/c1-15-11-16(6-8-25-15)3-2-9-30-18-4-5-20-19(13-18)24(29)28-23(27-20)21-12-17-7-10-31-22(17)14-26-21;16-9-1-2-11-10(6-9)15(20)19-14(18-11)12-5-8-3-4-21-13(8)7-17-12;1-3-14-11(13)5-4-10-6-7-12-9(2)8-10;2*1-8-7-9(3-2-6-11)4-5-10-8;7-6-3-5(4-9)1-2-8-6;1-3-5(6)7-4-2/h4-8,10-14H,2-3,9H2,1H3,(H,27,28,29);1-7H,(H,18,19,20);4-8H,3H2,1-2H3;2*4-5,7,11H,2-3,6H2,1H3;1-4H;3H,1,4H2,2H3/b;;5-4+;;;;. The second-order valence-electron chi connectivity index (χ2n) is 22.6. The normalized spacial score (nSPS) is 10.4. The van der Waals surface area contributed by atoms with Crippen LogP contribution in [0, 0.1) is 33.6 Å². The molecule has 0 aliphatic heterocycles. The summed E-state index contributed by atoms with van der Waals surface area (Å²) in [5.41, 5.74) is 11.3. The molecule has 0 aliphatic rings. The zero-order chi connectivity index (χ0) is 74.6. The van der Waals surface area contributed by atoms with Gasteiger partial charge in [0.1, 0.15) is 23.4 Å². The number of pyridine rings is 7. The summed E-state index contributed by atoms with van der Waals surface area (Å²) in [6.07, 6.45) is 22.2. The number of aromatic nitrogens is 11. The van der Waals surface area contributed by atoms with Gasteiger partial charge in [-0.3, -0.25) is 44.3 Å². The number of fused-ring (bicyclic) bond motifs is 4. The number of aryl methyl sites for hydroxylation is 7. The zero-order valence-electron chi connectivity index (χ0n) is 58.3. The third-order valence-electron chi connectivity index (χ3n) is 14.5. The van der Waals surface area contributed by atoms with Gasteiger partial charge >= 0.3 is 11.9 Å². The number of nitrogens with zero attached hydrogens (tertiary/aromatic N) is 9. The number of hydrogen-bond donors (Lipinski definition) is 4. The fraction of sp³-hybridized carbons (Fsp3) is 0.215. The summed E-state index contributed by atoms with van der Waals surface area (Å²) in [5, 5.41) is 24.5. The van der Waals surface area contributed by atoms with E-state index in [-0.39, 0.29) is 36.3 Å². The van der Waals surface area contributed by atoms with Crippen LogP contribution < -0.4 is 15.9 Å². The van der Waals surface area contributed by atoms with Gasteiger partial charge in [0.05, 0.1) is 51.0 Å². The molecule has 4 N–H and O–H groups in total. The number of H-pyrrole nitrogens is 2. The Labute approximate surface area is 616 Å². The number of aliphatic hydroxyl groups excluding tert-OH is 2. The summed E-state index contributed by atoms with van der Waals surface area (Å²) >= 11 is 6.63. The van der Waals surface area contributed by atoms with E-state index in [0.717, 1.165) is 104 Å². The van der Waals surface area contributed by atoms with Gasteiger partial charge in [0.25, 0.3) is 11.1 Å². The Bertz CT molecular complexity index is 5060. The van der Waals surface area contributed by atoms with Gasteiger partial charge in [-0.15, -0.1) is 22.7 Å². The molecule has 0 saturated heterocycles. The Morgan fingerprint density at radius 1 is 0.558 bits per heavy atom. The molecule has 0 spiro atoms. The van der Waals surface area contributed by atoms with Crippen molar-refractivity contribution in [3.63, 3.8) is 0 Å². The molecule has 11 heterocycles. The SMILES string of the molecule is C=CC(=O)OCC.CCOC(=O)/C=C/c1ccnc(C)c1.Cc1cc(CCCO)ccn1.Cc1cc(CCCO)ccn1.Cc1cc(CCCOc2ccc3nc(-c4cc5ccsc5cn4)[nH]c(=O)c3c2)ccn1.O=Cc1ccnc(F)c1.O=c1[nH]c(-c2cc3ccsc3cn2)nc2ccc(Br)cc12. The maximum Gasteiger partial charge on any atom is 0.330 e. The topological polar surface area (TPSA) is 301 Å². The van der Waals surface area contributed by atoms with E-state index in [1.807, 2.05) is 142 Å². The van der Waals surface area contributed by atoms with E-state index in [2.05, 4.69) is 100 Å². The lowest BCUT2D eigenvalue weighted by Gasteiger charge is -2.08. The number of esters is 2. The Kier molecular flexibility index (Phi) is 33.2. The number of thiophene rings is 2. The highest BCUT2D eigenvalue weighted by Crippen LogP contribution is 2.27. The number of carbonyl (C=O) groups is 3. The summed E-state index contributed by atoms with van der Waals surface area (Å²) in [4.78, 5) is 99.2. The van der Waals surface area contributed by atoms with Crippen LogP contribution in [-0.4, -0.2) is 116 Å². The van der Waals surface area contributed by atoms with Crippen LogP contribution >= 0.6 is 38.6 Å². The number of carbonyl (C=O) groups excluding carboxylic acids is 3. The monoisotopic (exact) mass is 1500 g/mol. The fourth-order valence-electron chi connectivity index (χ4n) is 9.59. The first kappa shape index (κ1) is 80.2. The summed E-state index contributed by atoms with van der Waals surface area (Å²) in [5.74, 6) is 0.315. The molecule has 13 aromatic rings. The molecular weight excluding hydrogens is 1430 g/mol. The van der Waals surface area contributed by atoms with Gasteiger partial charge in [-0.05, 0) is 245 Å². The summed E-state index contributed by atoms with van der Waals surface area (Å²) in [6, 6.07) is 37.3. The molecular formula is C79H79BrFN11O10S2. The molecule has 0 atom stereocenters. The highest BCUT2D eigenvalue weighted by molar-refractivity contribution is 9.10. The predicted molar refractivity (Wildman–Crippen MR) is 412 cm³/mol. The molecule has 11 aromatic heterocycles. The number of ether oxygens (including phenoxy) is 3. The highest BCUT2D eigenvalue weighted by Gasteiger charge is 2.12. The van der Waals surface area contributed by atoms with Crippen LogP contribution in [0.5, 0.6) is 5.75 Å². The second kappa shape index (κ2) is 43.0. The van der Waals surface area contributed by atoms with Crippen LogP contribution in [0.25, 0.3) is 71.1 Å². The molecule has 0 fully saturated rings. The Balaban J connectivity index is 0.000000181. The third-order valence-corrected chi connectivity index (χ3v) is 16.7. The van der Waals surface area contributed by atoms with Gasteiger partial charge < -0.3 is 34.4 Å². The molecule has 0 saturated carbocycles. The van der Waals surface area contributed by atoms with Crippen LogP contribution in [0.4, 0.5) is 4.39 Å². The first-order valence-electron chi connectivity index (χ1n) is 33.0. The van der Waals surface area contributed by atoms with Gasteiger partial charge in [0.15, 0.2) is 11.6 Å². The first-order chi connectivity index (χ1) is 50.4. The maximum atomic E-state index is 12.7. The van der Waals surface area contributed by atoms with E-state index in [1.54, 1.807) is 67.1 Å². The van der Waals surface area contributed by atoms with Crippen molar-refractivity contribution >= 4 is 105 Å². The van der Waals surface area contributed by atoms with Crippen LogP contribution in [0.3, 0.4) is 0 Å². The zero-order valence-corrected chi connectivity index (χ0v) is 61.5. The van der Waals surface area contributed by atoms with Gasteiger partial charge in [-0.25, -0.2) is 24.5 Å². The first-order valence-corrected chi connectivity index (χ1v) is 35.6. The maximum absolute atomic E-state index is 12.7. The third kappa shape index (κ3) is 27.0. The molecule has 0 radical (unpaired) electrons. The number of aliphatic hydroxyl groups is 2. The van der Waals surface area contributed by atoms with Crippen LogP contribution in [-0.2, 0) is 38.3 Å². The molecule has 0 amide bonds. The predicted octanol–water partition coefficient (Wildman–Crippen LogP) is 15.2. The lowest BCUT2D eigenvalue weighted by atomic mass is 10.1. The molecule has 21 nitrogen and oxygen atoms in total. The summed E-state index contributed by atoms with van der Waals surface area (Å²) in [7, 11) is 0. The van der Waals surface area contributed by atoms with Crippen LogP contribution in [0.15, 0.2) is 208 Å². The minimum Gasteiger partial charge on any atom is -0.494 e. The molecule has 13 rings (SSSR count). The number of aldehydes is 1. The van der Waals surface area contributed by atoms with Crippen molar-refractivity contribution in [3.05, 3.63) is 276 Å². The van der Waals surface area contributed by atoms with E-state index in [0.29, 0.717) is 82.3 Å². The second-order valence-corrected chi connectivity index (χ2v) is 25.4. The average molecular weight is 1510 g/mol. The highest BCUT2D eigenvalue weighted by atomic mass is 79.9. The number of aromatic amines is 2. The van der Waals surface area contributed by atoms with Gasteiger partial charge in [-0.1, -0.05) is 22.5 Å². The largest absolute Gasteiger partial charge is 0.494 e. The molecule has 0 aliphatic carbocycles. The van der Waals surface area contributed by atoms with Crippen molar-refractivity contribution in [2.45, 2.75) is 80.1 Å². The molecule has 25 heteroatoms. The van der Waals surface area contributed by atoms with E-state index in [1.165, 1.54) is 35.0 Å². The Morgan fingerprint density at radius 3 is 1.49 bits per heavy atom. The minimum absolute atomic E-state index is 0.163. The summed E-state index contributed by atoms with van der Waals surface area (Å²) in [6.45, 7) is 16.5. The lowest BCUT2D eigenvalue weighted by Crippen LogP contribution is -2.10. The van der Waals surface area contributed by atoms with Crippen molar-refractivity contribution in [2.75, 3.05) is 33.0 Å². The average Bonchev–Trinajstić information content (AvgIpc) is 1.11. The molecule has 104 heavy (non-hydrogen) atoms. The van der Waals surface area contributed by atoms with Crippen molar-refractivity contribution in [1.29, 1.82) is 0 Å². The summed E-state index contributed by atoms with van der Waals surface area (Å²) < 4.78 is 30.2. The van der Waals surface area contributed by atoms with Crippen molar-refractivity contribution < 1.29 is 43.2 Å². The number of nitrogens with one attached hydrogen (secondary N) is 2. The number of benzene rings is 2. The number of hydrogen-bond acceptors (Lipinski definition) is 21. The number of halogens is 2. The van der Waals surface area contributed by atoms with E-state index in [4.69, 9.17) is 19.7 Å². The van der Waals surface area contributed by atoms with Gasteiger partial charge in [0.2, 0.25) is 5.95 Å². The lowest BCUT2D eigenvalue weighted by molar-refractivity contribution is -0.138. The van der Waals surface area contributed by atoms with Gasteiger partial charge in [-0.2, -0.15) is 4.39 Å². The van der Waals surface area contributed by atoms with E-state index < -0.39 is 5.95 Å².